The van der Waals surface area contributed by atoms with Crippen LogP contribution in [0.5, 0.6) is 0 Å². The van der Waals surface area contributed by atoms with E-state index in [1.807, 2.05) is 0 Å². The first kappa shape index (κ1) is 58.5. The predicted octanol–water partition coefficient (Wildman–Crippen LogP) is 16.6. The lowest BCUT2D eigenvalue weighted by Crippen LogP contribution is -3.00. The van der Waals surface area contributed by atoms with E-state index in [2.05, 4.69) is 69.5 Å². The third kappa shape index (κ3) is 40.1. The van der Waals surface area contributed by atoms with Gasteiger partial charge < -0.3 is 12.4 Å². The van der Waals surface area contributed by atoms with Crippen LogP contribution in [0.2, 0.25) is 0 Å². The topological polar surface area (TPSA) is 8.81 Å². The van der Waals surface area contributed by atoms with Crippen LogP contribution < -0.4 is 17.0 Å². The van der Waals surface area contributed by atoms with Crippen LogP contribution in [-0.4, -0.2) is 4.57 Å². The Kier molecular flexibility index (Phi) is 45.1. The smallest absolute Gasteiger partial charge is 0.243 e. The molecule has 0 saturated heterocycles. The number of hydrogen-bond acceptors (Lipinski definition) is 0. The number of unbranched alkanes of at least 4 members (excludes halogenated alkanes) is 31. The lowest BCUT2D eigenvalue weighted by molar-refractivity contribution is -0.724. The Bertz CT molecular complexity index is 889. The van der Waals surface area contributed by atoms with Crippen LogP contribution in [0.3, 0.4) is 0 Å². The van der Waals surface area contributed by atoms with E-state index in [9.17, 15) is 0 Å². The summed E-state index contributed by atoms with van der Waals surface area (Å²) in [5.41, 5.74) is 0. The highest BCUT2D eigenvalue weighted by Gasteiger charge is 2.18. The molecule has 1 heterocycles. The molecule has 2 atom stereocenters. The summed E-state index contributed by atoms with van der Waals surface area (Å²) in [6.07, 6.45) is 69.6. The highest BCUT2D eigenvalue weighted by Crippen LogP contribution is 2.27. The van der Waals surface area contributed by atoms with Crippen LogP contribution in [0.4, 0.5) is 0 Å². The van der Waals surface area contributed by atoms with E-state index in [-0.39, 0.29) is 12.4 Å². The zero-order valence-corrected chi connectivity index (χ0v) is 42.5. The molecule has 0 N–H and O–H groups in total. The highest BCUT2D eigenvalue weighted by atomic mass is 35.5. The molecule has 3 heteroatoms. The van der Waals surface area contributed by atoms with Gasteiger partial charge in [0.2, 0.25) is 6.33 Å². The van der Waals surface area contributed by atoms with Crippen molar-refractivity contribution >= 4 is 0 Å². The van der Waals surface area contributed by atoms with Crippen LogP contribution >= 0.6 is 0 Å². The van der Waals surface area contributed by atoms with E-state index in [1.165, 1.54) is 276 Å². The molecule has 0 amide bonds. The van der Waals surface area contributed by atoms with Gasteiger partial charge in [0.15, 0.2) is 0 Å². The Morgan fingerprint density at radius 1 is 0.373 bits per heavy atom. The van der Waals surface area contributed by atoms with Gasteiger partial charge in [0.25, 0.3) is 0 Å². The van der Waals surface area contributed by atoms with Crippen LogP contribution in [-0.2, 0) is 7.05 Å². The number of aryl methyl sites for hydroxylation is 1. The summed E-state index contributed by atoms with van der Waals surface area (Å²) in [5, 5.41) is 0. The fourth-order valence-corrected chi connectivity index (χ4v) is 9.83. The summed E-state index contributed by atoms with van der Waals surface area (Å²) in [4.78, 5) is 0. The molecule has 0 aromatic carbocycles. The second-order valence-corrected chi connectivity index (χ2v) is 20.5. The summed E-state index contributed by atoms with van der Waals surface area (Å²) in [6, 6.07) is 0.674. The molecule has 0 spiro atoms. The Balaban J connectivity index is 0.0000336. The quantitative estimate of drug-likeness (QED) is 0.0456. The number of rotatable bonds is 47. The predicted molar refractivity (Wildman–Crippen MR) is 262 cm³/mol. The lowest BCUT2D eigenvalue weighted by atomic mass is 9.88. The first-order valence-corrected chi connectivity index (χ1v) is 27.5. The van der Waals surface area contributed by atoms with Crippen molar-refractivity contribution in [3.8, 4) is 0 Å². The van der Waals surface area contributed by atoms with Crippen molar-refractivity contribution in [2.45, 2.75) is 317 Å². The maximum atomic E-state index is 2.55. The van der Waals surface area contributed by atoms with Crippen molar-refractivity contribution < 1.29 is 17.0 Å². The van der Waals surface area contributed by atoms with Gasteiger partial charge in [0, 0.05) is 0 Å². The third-order valence-corrected chi connectivity index (χ3v) is 14.0. The van der Waals surface area contributed by atoms with E-state index in [1.54, 1.807) is 0 Å². The first-order valence-electron chi connectivity index (χ1n) is 27.5. The van der Waals surface area contributed by atoms with Crippen molar-refractivity contribution in [2.24, 2.45) is 24.8 Å². The minimum Gasteiger partial charge on any atom is -1.00 e. The standard InChI is InChI=1S/C56H111N2.ClH/c1-7-9-11-13-15-17-19-21-23-25-27-29-31-33-35-37-44-55(45-38-36-34-32-30-28-26-24-22-20-18-16-14-12-10-8-2)46-39-40-47-56(58-51-50-57(6)52-58)49-48-54(5)43-41-42-53(3)4;/h50-56H,7-49H2,1-6H3;1H/q+1;/p-1. The van der Waals surface area contributed by atoms with Gasteiger partial charge in [0.05, 0.1) is 7.05 Å². The van der Waals surface area contributed by atoms with Crippen molar-refractivity contribution in [3.63, 3.8) is 0 Å². The van der Waals surface area contributed by atoms with Crippen LogP contribution in [0, 0.1) is 17.8 Å². The molecule has 2 unspecified atom stereocenters. The van der Waals surface area contributed by atoms with E-state index in [0.29, 0.717) is 6.04 Å². The molecule has 0 fully saturated rings. The first-order chi connectivity index (χ1) is 28.5. The summed E-state index contributed by atoms with van der Waals surface area (Å²) in [7, 11) is 2.18. The summed E-state index contributed by atoms with van der Waals surface area (Å²) < 4.78 is 4.79. The number of halogens is 1. The summed E-state index contributed by atoms with van der Waals surface area (Å²) in [6.45, 7) is 11.9. The Hall–Kier alpha value is -0.500. The van der Waals surface area contributed by atoms with Crippen molar-refractivity contribution in [2.75, 3.05) is 0 Å². The van der Waals surface area contributed by atoms with Crippen LogP contribution in [0.25, 0.3) is 0 Å². The molecule has 0 aliphatic heterocycles. The van der Waals surface area contributed by atoms with Gasteiger partial charge in [0.1, 0.15) is 18.4 Å². The zero-order chi connectivity index (χ0) is 42.0. The fraction of sp³-hybridized carbons (Fsp3) is 0.946. The van der Waals surface area contributed by atoms with Gasteiger partial charge in [-0.3, -0.25) is 0 Å². The number of hydrogen-bond donors (Lipinski definition) is 0. The van der Waals surface area contributed by atoms with E-state index in [4.69, 9.17) is 0 Å². The second-order valence-electron chi connectivity index (χ2n) is 20.5. The molecule has 0 bridgehead atoms. The number of imidazole rings is 1. The van der Waals surface area contributed by atoms with Gasteiger partial charge in [-0.25, -0.2) is 9.13 Å². The summed E-state index contributed by atoms with van der Waals surface area (Å²) >= 11 is 0. The molecule has 0 aliphatic carbocycles. The Morgan fingerprint density at radius 2 is 0.712 bits per heavy atom. The molecule has 0 aliphatic rings. The highest BCUT2D eigenvalue weighted by molar-refractivity contribution is 4.68. The molecular weight excluding hydrogens is 736 g/mol. The average Bonchev–Trinajstić information content (AvgIpc) is 3.65. The summed E-state index contributed by atoms with van der Waals surface area (Å²) in [5.74, 6) is 2.67. The molecule has 59 heavy (non-hydrogen) atoms. The third-order valence-electron chi connectivity index (χ3n) is 14.0. The molecule has 1 aromatic rings. The number of nitrogens with zero attached hydrogens (tertiary/aromatic N) is 2. The zero-order valence-electron chi connectivity index (χ0n) is 41.7. The minimum absolute atomic E-state index is 0. The van der Waals surface area contributed by atoms with Gasteiger partial charge in [-0.2, -0.15) is 0 Å². The molecular formula is C56H111ClN2. The van der Waals surface area contributed by atoms with Crippen molar-refractivity contribution in [1.29, 1.82) is 0 Å². The van der Waals surface area contributed by atoms with Crippen LogP contribution in [0.15, 0.2) is 18.7 Å². The largest absolute Gasteiger partial charge is 1.00 e. The normalized spacial score (nSPS) is 12.8. The second kappa shape index (κ2) is 45.5. The minimum atomic E-state index is 0. The molecule has 0 saturated carbocycles. The monoisotopic (exact) mass is 847 g/mol. The fourth-order valence-electron chi connectivity index (χ4n) is 9.83. The maximum absolute atomic E-state index is 2.55. The average molecular weight is 848 g/mol. The molecule has 2 nitrogen and oxygen atoms in total. The Labute approximate surface area is 380 Å². The van der Waals surface area contributed by atoms with Crippen LogP contribution in [0.1, 0.15) is 317 Å². The van der Waals surface area contributed by atoms with Gasteiger partial charge in [-0.15, -0.1) is 0 Å². The van der Waals surface area contributed by atoms with Gasteiger partial charge in [-0.05, 0) is 43.4 Å². The molecule has 0 radical (unpaired) electrons. The van der Waals surface area contributed by atoms with Crippen molar-refractivity contribution in [3.05, 3.63) is 18.7 Å². The van der Waals surface area contributed by atoms with Gasteiger partial charge in [-0.1, -0.05) is 285 Å². The van der Waals surface area contributed by atoms with Gasteiger partial charge >= 0.3 is 0 Å². The van der Waals surface area contributed by atoms with Crippen molar-refractivity contribution in [1.82, 2.24) is 4.57 Å². The van der Waals surface area contributed by atoms with E-state index >= 15 is 0 Å². The lowest BCUT2D eigenvalue weighted by Gasteiger charge is -2.19. The SMILES string of the molecule is CCCCCCCCCCCCCCCCCCC(CCCCCCCCCCCCCCCCCC)CCCCC(CCC(C)CCCC(C)C)[n+]1ccn(C)c1.[Cl-]. The Morgan fingerprint density at radius 3 is 1.05 bits per heavy atom. The van der Waals surface area contributed by atoms with E-state index in [0.717, 1.165) is 17.8 Å². The molecule has 1 aromatic heterocycles. The molecule has 1 rings (SSSR count). The van der Waals surface area contributed by atoms with E-state index < -0.39 is 0 Å². The number of aromatic nitrogens is 2. The molecule has 352 valence electrons. The maximum Gasteiger partial charge on any atom is 0.243 e.